The van der Waals surface area contributed by atoms with Crippen molar-refractivity contribution in [2.75, 3.05) is 11.9 Å². The van der Waals surface area contributed by atoms with Crippen LogP contribution in [0.2, 0.25) is 0 Å². The number of anilines is 1. The summed E-state index contributed by atoms with van der Waals surface area (Å²) in [7, 11) is -4.02. The lowest BCUT2D eigenvalue weighted by atomic mass is 10.1. The SMILES string of the molecule is NS(=O)(=O)OC[C@@H]1C[C@@H](Nc2ncnc3c2N=C(Cc2ccccc2)C3)C[C@@H]1O. The molecule has 0 spiro atoms. The van der Waals surface area contributed by atoms with E-state index in [4.69, 9.17) is 10.1 Å². The average Bonchev–Trinajstić information content (AvgIpc) is 3.23. The van der Waals surface area contributed by atoms with Gasteiger partial charge in [-0.05, 0) is 18.4 Å². The fourth-order valence-corrected chi connectivity index (χ4v) is 4.23. The van der Waals surface area contributed by atoms with Crippen LogP contribution in [0, 0.1) is 5.92 Å². The number of fused-ring (bicyclic) bond motifs is 1. The first-order chi connectivity index (χ1) is 13.9. The van der Waals surface area contributed by atoms with Gasteiger partial charge in [-0.3, -0.25) is 9.18 Å². The van der Waals surface area contributed by atoms with Gasteiger partial charge in [0.25, 0.3) is 0 Å². The molecular formula is C19H23N5O4S. The lowest BCUT2D eigenvalue weighted by molar-refractivity contribution is 0.101. The van der Waals surface area contributed by atoms with Gasteiger partial charge in [-0.1, -0.05) is 30.3 Å². The minimum atomic E-state index is -4.02. The second kappa shape index (κ2) is 8.15. The molecule has 2 heterocycles. The molecule has 0 radical (unpaired) electrons. The van der Waals surface area contributed by atoms with E-state index in [1.54, 1.807) is 0 Å². The van der Waals surface area contributed by atoms with Crippen LogP contribution in [0.3, 0.4) is 0 Å². The summed E-state index contributed by atoms with van der Waals surface area (Å²) in [6, 6.07) is 10.1. The van der Waals surface area contributed by atoms with E-state index in [1.165, 1.54) is 11.9 Å². The maximum Gasteiger partial charge on any atom is 0.333 e. The van der Waals surface area contributed by atoms with Crippen LogP contribution in [0.4, 0.5) is 11.5 Å². The Kier molecular flexibility index (Phi) is 5.59. The van der Waals surface area contributed by atoms with Crippen molar-refractivity contribution in [3.05, 3.63) is 47.9 Å². The lowest BCUT2D eigenvalue weighted by Crippen LogP contribution is -2.24. The third kappa shape index (κ3) is 4.96. The number of aliphatic imine (C=N–C) groups is 1. The van der Waals surface area contributed by atoms with E-state index in [2.05, 4.69) is 31.6 Å². The van der Waals surface area contributed by atoms with Gasteiger partial charge in [-0.25, -0.2) is 15.1 Å². The van der Waals surface area contributed by atoms with E-state index in [0.29, 0.717) is 25.1 Å². The van der Waals surface area contributed by atoms with E-state index in [0.717, 1.165) is 23.5 Å². The van der Waals surface area contributed by atoms with E-state index in [1.807, 2.05) is 18.2 Å². The monoisotopic (exact) mass is 417 g/mol. The van der Waals surface area contributed by atoms with Crippen LogP contribution in [0.15, 0.2) is 41.7 Å². The van der Waals surface area contributed by atoms with E-state index < -0.39 is 16.4 Å². The van der Waals surface area contributed by atoms with Crippen molar-refractivity contribution < 1.29 is 17.7 Å². The number of hydrogen-bond acceptors (Lipinski definition) is 8. The molecule has 1 aliphatic heterocycles. The average molecular weight is 417 g/mol. The second-order valence-corrected chi connectivity index (χ2v) is 8.67. The third-order valence-corrected chi connectivity index (χ3v) is 5.70. The largest absolute Gasteiger partial charge is 0.393 e. The molecule has 10 heteroatoms. The first kappa shape index (κ1) is 19.9. The van der Waals surface area contributed by atoms with Crippen molar-refractivity contribution in [1.82, 2.24) is 9.97 Å². The van der Waals surface area contributed by atoms with Gasteiger partial charge in [-0.2, -0.15) is 8.42 Å². The Morgan fingerprint density at radius 2 is 2.00 bits per heavy atom. The predicted octanol–water partition coefficient (Wildman–Crippen LogP) is 1.12. The van der Waals surface area contributed by atoms with Crippen LogP contribution in [-0.2, 0) is 27.3 Å². The number of aromatic nitrogens is 2. The fourth-order valence-electron chi connectivity index (χ4n) is 3.87. The molecule has 9 nitrogen and oxygen atoms in total. The van der Waals surface area contributed by atoms with Crippen LogP contribution in [0.25, 0.3) is 0 Å². The summed E-state index contributed by atoms with van der Waals surface area (Å²) in [5.41, 5.74) is 3.83. The number of benzene rings is 1. The second-order valence-electron chi connectivity index (χ2n) is 7.45. The zero-order chi connectivity index (χ0) is 20.4. The first-order valence-corrected chi connectivity index (χ1v) is 10.9. The zero-order valence-electron chi connectivity index (χ0n) is 15.7. The molecule has 2 aromatic rings. The van der Waals surface area contributed by atoms with E-state index in [-0.39, 0.29) is 18.6 Å². The molecule has 29 heavy (non-hydrogen) atoms. The number of nitrogens with two attached hydrogens (primary N) is 1. The highest BCUT2D eigenvalue weighted by Crippen LogP contribution is 2.35. The quantitative estimate of drug-likeness (QED) is 0.613. The summed E-state index contributed by atoms with van der Waals surface area (Å²) in [6.07, 6.45) is 3.26. The van der Waals surface area contributed by atoms with Crippen molar-refractivity contribution in [2.45, 2.75) is 37.8 Å². The summed E-state index contributed by atoms with van der Waals surface area (Å²) >= 11 is 0. The van der Waals surface area contributed by atoms with E-state index in [9.17, 15) is 13.5 Å². The van der Waals surface area contributed by atoms with Gasteiger partial charge in [-0.15, -0.1) is 0 Å². The van der Waals surface area contributed by atoms with Gasteiger partial charge >= 0.3 is 10.3 Å². The molecule has 1 aromatic heterocycles. The van der Waals surface area contributed by atoms with Gasteiger partial charge in [0.05, 0.1) is 18.4 Å². The molecule has 1 saturated carbocycles. The molecule has 0 amide bonds. The Morgan fingerprint density at radius 1 is 1.21 bits per heavy atom. The number of rotatable bonds is 7. The number of nitrogens with one attached hydrogen (secondary N) is 1. The minimum absolute atomic E-state index is 0.0774. The molecule has 0 bridgehead atoms. The van der Waals surface area contributed by atoms with Crippen molar-refractivity contribution in [1.29, 1.82) is 0 Å². The van der Waals surface area contributed by atoms with E-state index >= 15 is 0 Å². The molecule has 4 N–H and O–H groups in total. The number of aliphatic hydroxyl groups is 1. The zero-order valence-corrected chi connectivity index (χ0v) is 16.5. The van der Waals surface area contributed by atoms with Gasteiger partial charge in [0.2, 0.25) is 0 Å². The highest BCUT2D eigenvalue weighted by Gasteiger charge is 2.35. The topological polar surface area (TPSA) is 140 Å². The molecule has 154 valence electrons. The van der Waals surface area contributed by atoms with Crippen molar-refractivity contribution in [3.8, 4) is 0 Å². The maximum atomic E-state index is 11.0. The molecule has 1 aromatic carbocycles. The Labute approximate surface area is 169 Å². The van der Waals surface area contributed by atoms with Crippen LogP contribution < -0.4 is 10.5 Å². The third-order valence-electron chi connectivity index (χ3n) is 5.24. The van der Waals surface area contributed by atoms with Gasteiger partial charge < -0.3 is 10.4 Å². The van der Waals surface area contributed by atoms with Gasteiger partial charge in [0.1, 0.15) is 12.0 Å². The Balaban J connectivity index is 1.43. The molecular weight excluding hydrogens is 394 g/mol. The van der Waals surface area contributed by atoms with Crippen molar-refractivity contribution >= 4 is 27.5 Å². The smallest absolute Gasteiger partial charge is 0.333 e. The highest BCUT2D eigenvalue weighted by atomic mass is 32.2. The van der Waals surface area contributed by atoms with Crippen LogP contribution in [-0.4, -0.2) is 48.0 Å². The molecule has 1 aliphatic carbocycles. The van der Waals surface area contributed by atoms with Crippen LogP contribution >= 0.6 is 0 Å². The lowest BCUT2D eigenvalue weighted by Gasteiger charge is -2.14. The van der Waals surface area contributed by atoms with Gasteiger partial charge in [0, 0.05) is 30.5 Å². The van der Waals surface area contributed by atoms with Crippen molar-refractivity contribution in [2.24, 2.45) is 16.0 Å². The van der Waals surface area contributed by atoms with Crippen molar-refractivity contribution in [3.63, 3.8) is 0 Å². The summed E-state index contributed by atoms with van der Waals surface area (Å²) in [5, 5.41) is 18.4. The molecule has 3 atom stereocenters. The fraction of sp³-hybridized carbons (Fsp3) is 0.421. The van der Waals surface area contributed by atoms with Crippen LogP contribution in [0.5, 0.6) is 0 Å². The first-order valence-electron chi connectivity index (χ1n) is 9.43. The van der Waals surface area contributed by atoms with Gasteiger partial charge in [0.15, 0.2) is 5.82 Å². The predicted molar refractivity (Wildman–Crippen MR) is 108 cm³/mol. The Hall–Kier alpha value is -2.40. The van der Waals surface area contributed by atoms with Crippen LogP contribution in [0.1, 0.15) is 24.1 Å². The maximum absolute atomic E-state index is 11.0. The summed E-state index contributed by atoms with van der Waals surface area (Å²) in [5.74, 6) is 0.307. The number of nitrogens with zero attached hydrogens (tertiary/aromatic N) is 3. The Bertz CT molecular complexity index is 1010. The summed E-state index contributed by atoms with van der Waals surface area (Å²) < 4.78 is 26.6. The summed E-state index contributed by atoms with van der Waals surface area (Å²) in [4.78, 5) is 13.4. The molecule has 4 rings (SSSR count). The normalized spacial score (nSPS) is 23.7. The molecule has 0 saturated heterocycles. The minimum Gasteiger partial charge on any atom is -0.393 e. The molecule has 0 unspecified atom stereocenters. The number of hydrogen-bond donors (Lipinski definition) is 3. The molecule has 2 aliphatic rings. The highest BCUT2D eigenvalue weighted by molar-refractivity contribution is 7.84. The molecule has 1 fully saturated rings. The standard InChI is InChI=1S/C19H23N5O4S/c20-29(26,27)28-10-13-7-15(9-17(13)25)24-19-18-16(21-11-22-19)8-14(23-18)6-12-4-2-1-3-5-12/h1-5,11,13,15,17,25H,6-10H2,(H2,20,26,27)(H,21,22,24)/t13-,15+,17-/m0/s1. The summed E-state index contributed by atoms with van der Waals surface area (Å²) in [6.45, 7) is -0.139. The number of aliphatic hydroxyl groups excluding tert-OH is 1. The Morgan fingerprint density at radius 3 is 2.76 bits per heavy atom.